The summed E-state index contributed by atoms with van der Waals surface area (Å²) in [5.74, 6) is 0.802. The third-order valence-electron chi connectivity index (χ3n) is 3.55. The highest BCUT2D eigenvalue weighted by Crippen LogP contribution is 2.32. The van der Waals surface area contributed by atoms with Gasteiger partial charge in [-0.1, -0.05) is 35.3 Å². The second-order valence-corrected chi connectivity index (χ2v) is 7.22. The van der Waals surface area contributed by atoms with Crippen LogP contribution in [0.5, 0.6) is 11.5 Å². The maximum Gasteiger partial charge on any atom is 0.264 e. The summed E-state index contributed by atoms with van der Waals surface area (Å²) in [5, 5.41) is 11.1. The molecule has 0 radical (unpaired) electrons. The van der Waals surface area contributed by atoms with E-state index in [2.05, 4.69) is 5.32 Å². The number of halogens is 2. The molecule has 1 aliphatic heterocycles. The average molecular weight is 409 g/mol. The predicted octanol–water partition coefficient (Wildman–Crippen LogP) is 4.72. The number of thioether (sulfide) groups is 1. The van der Waals surface area contributed by atoms with Gasteiger partial charge in [-0.05, 0) is 47.7 Å². The number of rotatable bonds is 5. The molecule has 8 heteroatoms. The quantitative estimate of drug-likeness (QED) is 0.701. The summed E-state index contributed by atoms with van der Waals surface area (Å²) in [7, 11) is 1.54. The van der Waals surface area contributed by atoms with E-state index in [0.29, 0.717) is 26.4 Å². The maximum absolute atomic E-state index is 11.7. The molecule has 0 bridgehead atoms. The molecule has 5 nitrogen and oxygen atoms in total. The molecule has 0 aromatic heterocycles. The van der Waals surface area contributed by atoms with Crippen molar-refractivity contribution in [1.29, 1.82) is 5.41 Å². The topological polar surface area (TPSA) is 71.4 Å². The number of hydrogen-bond acceptors (Lipinski definition) is 5. The number of amidine groups is 1. The van der Waals surface area contributed by atoms with E-state index in [1.807, 2.05) is 6.07 Å². The minimum atomic E-state index is -0.281. The summed E-state index contributed by atoms with van der Waals surface area (Å²) in [6, 6.07) is 10.6. The Labute approximate surface area is 164 Å². The molecule has 0 spiro atoms. The lowest BCUT2D eigenvalue weighted by atomic mass is 10.2. The van der Waals surface area contributed by atoms with Crippen molar-refractivity contribution in [2.24, 2.45) is 0 Å². The number of methoxy groups -OCH3 is 1. The van der Waals surface area contributed by atoms with Crippen LogP contribution in [0.4, 0.5) is 0 Å². The third kappa shape index (κ3) is 4.33. The van der Waals surface area contributed by atoms with Crippen molar-refractivity contribution in [3.8, 4) is 11.5 Å². The molecule has 2 N–H and O–H groups in total. The Bertz CT molecular complexity index is 915. The lowest BCUT2D eigenvalue weighted by Gasteiger charge is -2.12. The zero-order valence-electron chi connectivity index (χ0n) is 13.6. The number of amides is 1. The number of hydrogen-bond donors (Lipinski definition) is 2. The second-order valence-electron chi connectivity index (χ2n) is 5.33. The van der Waals surface area contributed by atoms with Gasteiger partial charge in [0.15, 0.2) is 16.7 Å². The fourth-order valence-corrected chi connectivity index (χ4v) is 3.45. The molecule has 1 aliphatic rings. The standard InChI is InChI=1S/C18H14Cl2N2O3S/c1-24-15-6-10(7-16-17(23)22-18(21)26-16)2-5-14(15)25-9-11-3-4-12(19)8-13(11)20/h2-8H,9H2,1H3,(H2,21,22,23). The van der Waals surface area contributed by atoms with Gasteiger partial charge >= 0.3 is 0 Å². The largest absolute Gasteiger partial charge is 0.493 e. The monoisotopic (exact) mass is 408 g/mol. The van der Waals surface area contributed by atoms with Gasteiger partial charge in [-0.15, -0.1) is 0 Å². The molecule has 2 aromatic carbocycles. The van der Waals surface area contributed by atoms with Crippen molar-refractivity contribution in [2.75, 3.05) is 7.11 Å². The van der Waals surface area contributed by atoms with Gasteiger partial charge in [-0.25, -0.2) is 0 Å². The summed E-state index contributed by atoms with van der Waals surface area (Å²) in [4.78, 5) is 12.2. The van der Waals surface area contributed by atoms with E-state index in [-0.39, 0.29) is 17.7 Å². The summed E-state index contributed by atoms with van der Waals surface area (Å²) in [6.45, 7) is 0.266. The van der Waals surface area contributed by atoms with E-state index < -0.39 is 0 Å². The molecular weight excluding hydrogens is 395 g/mol. The van der Waals surface area contributed by atoms with Gasteiger partial charge in [0, 0.05) is 15.6 Å². The Morgan fingerprint density at radius 1 is 1.19 bits per heavy atom. The molecule has 0 saturated carbocycles. The van der Waals surface area contributed by atoms with Gasteiger partial charge in [0.05, 0.1) is 12.0 Å². The van der Waals surface area contributed by atoms with Crippen LogP contribution >= 0.6 is 35.0 Å². The normalized spacial score (nSPS) is 15.3. The van der Waals surface area contributed by atoms with Crippen LogP contribution in [0.1, 0.15) is 11.1 Å². The molecule has 134 valence electrons. The molecule has 0 aliphatic carbocycles. The Morgan fingerprint density at radius 3 is 2.65 bits per heavy atom. The average Bonchev–Trinajstić information content (AvgIpc) is 2.92. The fourth-order valence-electron chi connectivity index (χ4n) is 2.28. The van der Waals surface area contributed by atoms with Crippen LogP contribution in [0.3, 0.4) is 0 Å². The summed E-state index contributed by atoms with van der Waals surface area (Å²) >= 11 is 13.1. The molecule has 0 unspecified atom stereocenters. The highest BCUT2D eigenvalue weighted by molar-refractivity contribution is 8.18. The van der Waals surface area contributed by atoms with E-state index in [9.17, 15) is 4.79 Å². The van der Waals surface area contributed by atoms with Gasteiger partial charge in [-0.3, -0.25) is 10.2 Å². The summed E-state index contributed by atoms with van der Waals surface area (Å²) in [5.41, 5.74) is 1.58. The fraction of sp³-hybridized carbons (Fsp3) is 0.111. The van der Waals surface area contributed by atoms with E-state index in [1.54, 1.807) is 43.5 Å². The minimum Gasteiger partial charge on any atom is -0.493 e. The van der Waals surface area contributed by atoms with Crippen LogP contribution in [0, 0.1) is 5.41 Å². The zero-order valence-corrected chi connectivity index (χ0v) is 16.0. The molecule has 2 aromatic rings. The van der Waals surface area contributed by atoms with Crippen LogP contribution in [0.15, 0.2) is 41.3 Å². The molecule has 1 saturated heterocycles. The molecule has 26 heavy (non-hydrogen) atoms. The third-order valence-corrected chi connectivity index (χ3v) is 4.96. The van der Waals surface area contributed by atoms with Gasteiger partial charge in [0.25, 0.3) is 5.91 Å². The van der Waals surface area contributed by atoms with Crippen LogP contribution in [0.25, 0.3) is 6.08 Å². The lowest BCUT2D eigenvalue weighted by Crippen LogP contribution is -2.18. The molecule has 0 atom stereocenters. The first-order valence-corrected chi connectivity index (χ1v) is 9.07. The van der Waals surface area contributed by atoms with Crippen LogP contribution in [-0.2, 0) is 11.4 Å². The highest BCUT2D eigenvalue weighted by Gasteiger charge is 2.22. The van der Waals surface area contributed by atoms with Crippen LogP contribution in [0.2, 0.25) is 10.0 Å². The number of carbonyl (C=O) groups is 1. The lowest BCUT2D eigenvalue weighted by molar-refractivity contribution is -0.115. The Hall–Kier alpha value is -2.15. The van der Waals surface area contributed by atoms with E-state index >= 15 is 0 Å². The maximum atomic E-state index is 11.7. The number of carbonyl (C=O) groups excluding carboxylic acids is 1. The Kier molecular flexibility index (Phi) is 5.76. The van der Waals surface area contributed by atoms with Gasteiger partial charge in [0.2, 0.25) is 0 Å². The molecular formula is C18H14Cl2N2O3S. The molecule has 1 fully saturated rings. The van der Waals surface area contributed by atoms with E-state index in [4.69, 9.17) is 38.1 Å². The summed E-state index contributed by atoms with van der Waals surface area (Å²) < 4.78 is 11.2. The van der Waals surface area contributed by atoms with Crippen molar-refractivity contribution in [2.45, 2.75) is 6.61 Å². The van der Waals surface area contributed by atoms with Gasteiger partial charge in [-0.2, -0.15) is 0 Å². The smallest absolute Gasteiger partial charge is 0.264 e. The van der Waals surface area contributed by atoms with Crippen LogP contribution in [-0.4, -0.2) is 18.2 Å². The first kappa shape index (κ1) is 18.6. The van der Waals surface area contributed by atoms with Crippen molar-refractivity contribution < 1.29 is 14.3 Å². The Balaban J connectivity index is 1.77. The summed E-state index contributed by atoms with van der Waals surface area (Å²) in [6.07, 6.45) is 1.70. The highest BCUT2D eigenvalue weighted by atomic mass is 35.5. The zero-order chi connectivity index (χ0) is 18.7. The number of ether oxygens (including phenoxy) is 2. The minimum absolute atomic E-state index is 0.119. The molecule has 3 rings (SSSR count). The van der Waals surface area contributed by atoms with Gasteiger partial charge < -0.3 is 14.8 Å². The van der Waals surface area contributed by atoms with Crippen LogP contribution < -0.4 is 14.8 Å². The first-order valence-electron chi connectivity index (χ1n) is 7.50. The van der Waals surface area contributed by atoms with E-state index in [1.165, 1.54) is 0 Å². The number of nitrogens with one attached hydrogen (secondary N) is 2. The van der Waals surface area contributed by atoms with Crippen molar-refractivity contribution >= 4 is 52.1 Å². The second kappa shape index (κ2) is 8.03. The van der Waals surface area contributed by atoms with Crippen molar-refractivity contribution in [3.05, 3.63) is 62.5 Å². The van der Waals surface area contributed by atoms with Crippen molar-refractivity contribution in [1.82, 2.24) is 5.32 Å². The number of benzene rings is 2. The van der Waals surface area contributed by atoms with Crippen molar-refractivity contribution in [3.63, 3.8) is 0 Å². The SMILES string of the molecule is COc1cc(C=C2SC(=N)NC2=O)ccc1OCc1ccc(Cl)cc1Cl. The predicted molar refractivity (Wildman–Crippen MR) is 105 cm³/mol. The molecule has 1 amide bonds. The van der Waals surface area contributed by atoms with E-state index in [0.717, 1.165) is 22.9 Å². The first-order chi connectivity index (χ1) is 12.5. The Morgan fingerprint density at radius 2 is 2.00 bits per heavy atom. The molecule has 1 heterocycles. The van der Waals surface area contributed by atoms with Gasteiger partial charge in [0.1, 0.15) is 6.61 Å².